The van der Waals surface area contributed by atoms with E-state index in [2.05, 4.69) is 67.0 Å². The highest BCUT2D eigenvalue weighted by Crippen LogP contribution is 2.29. The number of anilines is 3. The number of nitrogens with one attached hydrogen (secondary N) is 4. The van der Waals surface area contributed by atoms with E-state index in [-0.39, 0.29) is 12.1 Å². The molecule has 3 aromatic heterocycles. The van der Waals surface area contributed by atoms with Crippen LogP contribution < -0.4 is 10.6 Å². The summed E-state index contributed by atoms with van der Waals surface area (Å²) in [5, 5.41) is 15.2. The molecule has 1 aliphatic rings. The molecule has 4 aromatic rings. The lowest BCUT2D eigenvalue weighted by Crippen LogP contribution is -2.10. The SMILES string of the molecule is CC(Nc1nccc(Nc2cc(C3CCCO3)[nH]n2)n1)c1ccc2[nH]ccc2c1. The van der Waals surface area contributed by atoms with Gasteiger partial charge in [0.15, 0.2) is 5.82 Å². The van der Waals surface area contributed by atoms with Crippen LogP contribution in [0.5, 0.6) is 0 Å². The quantitative estimate of drug-likeness (QED) is 0.388. The Morgan fingerprint density at radius 3 is 3.03 bits per heavy atom. The lowest BCUT2D eigenvalue weighted by Gasteiger charge is -2.15. The number of aromatic nitrogens is 5. The molecule has 0 bridgehead atoms. The van der Waals surface area contributed by atoms with Gasteiger partial charge in [0, 0.05) is 30.6 Å². The maximum absolute atomic E-state index is 5.69. The second kappa shape index (κ2) is 7.56. The first kappa shape index (κ1) is 17.7. The Kier molecular flexibility index (Phi) is 4.61. The molecule has 2 unspecified atom stereocenters. The maximum Gasteiger partial charge on any atom is 0.225 e. The van der Waals surface area contributed by atoms with Gasteiger partial charge in [-0.05, 0) is 55.0 Å². The van der Waals surface area contributed by atoms with Crippen LogP contribution in [-0.4, -0.2) is 31.8 Å². The molecule has 4 N–H and O–H groups in total. The van der Waals surface area contributed by atoms with Crippen LogP contribution in [0.3, 0.4) is 0 Å². The van der Waals surface area contributed by atoms with Crippen molar-refractivity contribution in [3.8, 4) is 0 Å². The van der Waals surface area contributed by atoms with E-state index in [1.165, 1.54) is 10.9 Å². The molecule has 29 heavy (non-hydrogen) atoms. The fourth-order valence-electron chi connectivity index (χ4n) is 3.64. The lowest BCUT2D eigenvalue weighted by atomic mass is 10.1. The van der Waals surface area contributed by atoms with Crippen LogP contribution >= 0.6 is 0 Å². The molecule has 5 rings (SSSR count). The zero-order valence-electron chi connectivity index (χ0n) is 16.1. The first-order chi connectivity index (χ1) is 14.2. The third-order valence-corrected chi connectivity index (χ3v) is 5.21. The van der Waals surface area contributed by atoms with E-state index in [0.717, 1.165) is 30.7 Å². The van der Waals surface area contributed by atoms with E-state index >= 15 is 0 Å². The number of ether oxygens (including phenoxy) is 1. The molecule has 2 atom stereocenters. The van der Waals surface area contributed by atoms with Gasteiger partial charge in [0.1, 0.15) is 5.82 Å². The van der Waals surface area contributed by atoms with Gasteiger partial charge >= 0.3 is 0 Å². The van der Waals surface area contributed by atoms with Crippen molar-refractivity contribution in [3.05, 3.63) is 60.0 Å². The van der Waals surface area contributed by atoms with E-state index in [9.17, 15) is 0 Å². The van der Waals surface area contributed by atoms with E-state index in [1.807, 2.05) is 18.3 Å². The average Bonchev–Trinajstić information content (AvgIpc) is 3.48. The predicted octanol–water partition coefficient (Wildman–Crippen LogP) is 4.45. The predicted molar refractivity (Wildman–Crippen MR) is 112 cm³/mol. The summed E-state index contributed by atoms with van der Waals surface area (Å²) >= 11 is 0. The van der Waals surface area contributed by atoms with Crippen molar-refractivity contribution in [2.75, 3.05) is 17.2 Å². The summed E-state index contributed by atoms with van der Waals surface area (Å²) in [5.74, 6) is 1.96. The van der Waals surface area contributed by atoms with Crippen LogP contribution in [0.2, 0.25) is 0 Å². The number of fused-ring (bicyclic) bond motifs is 1. The van der Waals surface area contributed by atoms with Crippen LogP contribution in [0.1, 0.15) is 43.2 Å². The topological polar surface area (TPSA) is 104 Å². The largest absolute Gasteiger partial charge is 0.372 e. The number of benzene rings is 1. The molecule has 0 saturated carbocycles. The third-order valence-electron chi connectivity index (χ3n) is 5.21. The van der Waals surface area contributed by atoms with Crippen LogP contribution in [0, 0.1) is 0 Å². The average molecular weight is 389 g/mol. The summed E-state index contributed by atoms with van der Waals surface area (Å²) in [6.45, 7) is 2.90. The van der Waals surface area contributed by atoms with Crippen molar-refractivity contribution in [2.45, 2.75) is 31.9 Å². The number of hydrogen-bond donors (Lipinski definition) is 4. The normalized spacial score (nSPS) is 17.5. The van der Waals surface area contributed by atoms with Crippen molar-refractivity contribution in [3.63, 3.8) is 0 Å². The Morgan fingerprint density at radius 2 is 2.14 bits per heavy atom. The zero-order valence-corrected chi connectivity index (χ0v) is 16.1. The zero-order chi connectivity index (χ0) is 19.6. The van der Waals surface area contributed by atoms with Crippen LogP contribution in [-0.2, 0) is 4.74 Å². The highest BCUT2D eigenvalue weighted by molar-refractivity contribution is 5.80. The molecule has 8 nitrogen and oxygen atoms in total. The molecular formula is C21H23N7O. The number of aromatic amines is 2. The molecule has 0 spiro atoms. The fraction of sp³-hybridized carbons (Fsp3) is 0.286. The second-order valence-electron chi connectivity index (χ2n) is 7.29. The Morgan fingerprint density at radius 1 is 1.17 bits per heavy atom. The Balaban J connectivity index is 1.28. The first-order valence-corrected chi connectivity index (χ1v) is 9.85. The van der Waals surface area contributed by atoms with Crippen molar-refractivity contribution in [2.24, 2.45) is 0 Å². The molecule has 0 aliphatic carbocycles. The van der Waals surface area contributed by atoms with Gasteiger partial charge in [-0.15, -0.1) is 0 Å². The van der Waals surface area contributed by atoms with E-state index in [4.69, 9.17) is 4.74 Å². The standard InChI is InChI=1S/C21H23N7O/c1-13(14-4-5-16-15(11-14)6-8-22-16)24-21-23-9-7-19(26-21)25-20-12-17(27-28-20)18-3-2-10-29-18/h4-9,11-13,18,22H,2-3,10H2,1H3,(H3,23,24,25,26,27,28). The summed E-state index contributed by atoms with van der Waals surface area (Å²) in [7, 11) is 0. The summed E-state index contributed by atoms with van der Waals surface area (Å²) in [6.07, 6.45) is 5.90. The van der Waals surface area contributed by atoms with E-state index in [1.54, 1.807) is 6.20 Å². The monoisotopic (exact) mass is 389 g/mol. The van der Waals surface area contributed by atoms with E-state index < -0.39 is 0 Å². The first-order valence-electron chi connectivity index (χ1n) is 9.85. The minimum Gasteiger partial charge on any atom is -0.372 e. The van der Waals surface area contributed by atoms with Gasteiger partial charge in [-0.3, -0.25) is 5.10 Å². The fourth-order valence-corrected chi connectivity index (χ4v) is 3.64. The summed E-state index contributed by atoms with van der Waals surface area (Å²) in [4.78, 5) is 12.1. The van der Waals surface area contributed by atoms with Gasteiger partial charge in [-0.2, -0.15) is 10.1 Å². The highest BCUT2D eigenvalue weighted by Gasteiger charge is 2.20. The number of H-pyrrole nitrogens is 2. The smallest absolute Gasteiger partial charge is 0.225 e. The lowest BCUT2D eigenvalue weighted by molar-refractivity contribution is 0.108. The molecule has 8 heteroatoms. The Bertz CT molecular complexity index is 1110. The molecule has 0 radical (unpaired) electrons. The van der Waals surface area contributed by atoms with E-state index in [0.29, 0.717) is 17.6 Å². The van der Waals surface area contributed by atoms with Crippen LogP contribution in [0.25, 0.3) is 10.9 Å². The Hall–Kier alpha value is -3.39. The minimum atomic E-state index is 0.0704. The second-order valence-corrected chi connectivity index (χ2v) is 7.29. The highest BCUT2D eigenvalue weighted by atomic mass is 16.5. The maximum atomic E-state index is 5.69. The molecular weight excluding hydrogens is 366 g/mol. The molecule has 1 aromatic carbocycles. The molecule has 4 heterocycles. The number of nitrogens with zero attached hydrogens (tertiary/aromatic N) is 3. The van der Waals surface area contributed by atoms with Gasteiger partial charge in [-0.1, -0.05) is 6.07 Å². The third kappa shape index (κ3) is 3.79. The molecule has 1 fully saturated rings. The van der Waals surface area contributed by atoms with Crippen molar-refractivity contribution in [1.29, 1.82) is 0 Å². The number of hydrogen-bond acceptors (Lipinski definition) is 6. The summed E-state index contributed by atoms with van der Waals surface area (Å²) < 4.78 is 5.69. The van der Waals surface area contributed by atoms with Crippen molar-refractivity contribution >= 4 is 28.5 Å². The number of rotatable bonds is 6. The van der Waals surface area contributed by atoms with Gasteiger partial charge in [-0.25, -0.2) is 4.98 Å². The van der Waals surface area contributed by atoms with Gasteiger partial charge in [0.05, 0.1) is 17.8 Å². The van der Waals surface area contributed by atoms with Crippen LogP contribution in [0.15, 0.2) is 48.8 Å². The molecule has 148 valence electrons. The van der Waals surface area contributed by atoms with Crippen LogP contribution in [0.4, 0.5) is 17.6 Å². The summed E-state index contributed by atoms with van der Waals surface area (Å²) in [5.41, 5.74) is 3.29. The molecule has 0 amide bonds. The minimum absolute atomic E-state index is 0.0704. The molecule has 1 aliphatic heterocycles. The van der Waals surface area contributed by atoms with Gasteiger partial charge in [0.2, 0.25) is 5.95 Å². The summed E-state index contributed by atoms with van der Waals surface area (Å²) in [6, 6.07) is 12.3. The van der Waals surface area contributed by atoms with Gasteiger partial charge < -0.3 is 20.4 Å². The van der Waals surface area contributed by atoms with Crippen molar-refractivity contribution < 1.29 is 4.74 Å². The Labute approximate surface area is 168 Å². The van der Waals surface area contributed by atoms with Crippen molar-refractivity contribution in [1.82, 2.24) is 25.1 Å². The molecule has 1 saturated heterocycles. The van der Waals surface area contributed by atoms with Gasteiger partial charge in [0.25, 0.3) is 0 Å².